The molecule has 2 atom stereocenters. The Morgan fingerprint density at radius 2 is 2.10 bits per heavy atom. The van der Waals surface area contributed by atoms with Gasteiger partial charge < -0.3 is 10.1 Å². The molecule has 0 aliphatic carbocycles. The van der Waals surface area contributed by atoms with E-state index in [2.05, 4.69) is 24.3 Å². The Kier molecular flexibility index (Phi) is 5.12. The molecule has 0 radical (unpaired) electrons. The van der Waals surface area contributed by atoms with Crippen LogP contribution in [0.15, 0.2) is 42.7 Å². The minimum Gasteiger partial charge on any atom is -0.489 e. The maximum Gasteiger partial charge on any atom is 0.165 e. The van der Waals surface area contributed by atoms with Gasteiger partial charge in [0.2, 0.25) is 0 Å². The van der Waals surface area contributed by atoms with Crippen molar-refractivity contribution in [2.24, 2.45) is 0 Å². The van der Waals surface area contributed by atoms with Gasteiger partial charge in [-0.05, 0) is 32.0 Å². The Labute approximate surface area is 118 Å². The van der Waals surface area contributed by atoms with Crippen LogP contribution in [0.1, 0.15) is 19.9 Å². The molecule has 0 fully saturated rings. The van der Waals surface area contributed by atoms with Crippen LogP contribution in [0.4, 0.5) is 4.39 Å². The summed E-state index contributed by atoms with van der Waals surface area (Å²) in [4.78, 5) is 0. The summed E-state index contributed by atoms with van der Waals surface area (Å²) >= 11 is 0. The van der Waals surface area contributed by atoms with Gasteiger partial charge in [-0.15, -0.1) is 0 Å². The third-order valence-corrected chi connectivity index (χ3v) is 3.33. The second kappa shape index (κ2) is 7.05. The van der Waals surface area contributed by atoms with E-state index in [1.165, 1.54) is 6.07 Å². The van der Waals surface area contributed by atoms with E-state index >= 15 is 0 Å². The van der Waals surface area contributed by atoms with E-state index in [4.69, 9.17) is 4.74 Å². The van der Waals surface area contributed by atoms with Crippen molar-refractivity contribution in [3.05, 3.63) is 48.5 Å². The van der Waals surface area contributed by atoms with E-state index in [0.29, 0.717) is 18.9 Å². The molecule has 1 heterocycles. The highest BCUT2D eigenvalue weighted by Crippen LogP contribution is 2.15. The second-order valence-corrected chi connectivity index (χ2v) is 4.75. The number of aromatic nitrogens is 2. The number of nitrogens with zero attached hydrogens (tertiary/aromatic N) is 2. The molecule has 5 heteroatoms. The van der Waals surface area contributed by atoms with Crippen molar-refractivity contribution < 1.29 is 9.13 Å². The average molecular weight is 277 g/mol. The molecule has 0 spiro atoms. The molecule has 0 amide bonds. The molecule has 0 saturated carbocycles. The summed E-state index contributed by atoms with van der Waals surface area (Å²) in [6.45, 7) is 5.27. The molecule has 2 rings (SSSR count). The zero-order valence-corrected chi connectivity index (χ0v) is 11.8. The second-order valence-electron chi connectivity index (χ2n) is 4.75. The first-order valence-electron chi connectivity index (χ1n) is 6.78. The summed E-state index contributed by atoms with van der Waals surface area (Å²) in [5, 5.41) is 7.57. The van der Waals surface area contributed by atoms with E-state index in [9.17, 15) is 4.39 Å². The van der Waals surface area contributed by atoms with E-state index in [1.54, 1.807) is 24.4 Å². The number of benzene rings is 1. The summed E-state index contributed by atoms with van der Waals surface area (Å²) in [6, 6.07) is 8.83. The summed E-state index contributed by atoms with van der Waals surface area (Å²) in [7, 11) is 0. The van der Waals surface area contributed by atoms with Gasteiger partial charge in [-0.25, -0.2) is 4.39 Å². The number of ether oxygens (including phenoxy) is 1. The summed E-state index contributed by atoms with van der Waals surface area (Å²) in [6.07, 6.45) is 3.71. The highest BCUT2D eigenvalue weighted by atomic mass is 19.1. The lowest BCUT2D eigenvalue weighted by molar-refractivity contribution is 0.278. The molecule has 1 aromatic carbocycles. The molecule has 20 heavy (non-hydrogen) atoms. The quantitative estimate of drug-likeness (QED) is 0.791. The predicted molar refractivity (Wildman–Crippen MR) is 76.3 cm³/mol. The van der Waals surface area contributed by atoms with Gasteiger partial charge in [0, 0.05) is 25.0 Å². The van der Waals surface area contributed by atoms with E-state index in [0.717, 1.165) is 0 Å². The van der Waals surface area contributed by atoms with Crippen molar-refractivity contribution in [3.63, 3.8) is 0 Å². The van der Waals surface area contributed by atoms with Gasteiger partial charge in [0.05, 0.1) is 6.04 Å². The van der Waals surface area contributed by atoms with E-state index in [-0.39, 0.29) is 17.9 Å². The van der Waals surface area contributed by atoms with Crippen LogP contribution < -0.4 is 10.1 Å². The van der Waals surface area contributed by atoms with Crippen LogP contribution in [0.25, 0.3) is 0 Å². The van der Waals surface area contributed by atoms with Crippen LogP contribution in [0.5, 0.6) is 5.75 Å². The number of nitrogens with one attached hydrogen (secondary N) is 1. The van der Waals surface area contributed by atoms with Crippen molar-refractivity contribution in [1.82, 2.24) is 15.1 Å². The summed E-state index contributed by atoms with van der Waals surface area (Å²) in [5.74, 6) is -0.0347. The lowest BCUT2D eigenvalue weighted by atomic mass is 10.2. The van der Waals surface area contributed by atoms with Gasteiger partial charge in [-0.1, -0.05) is 12.1 Å². The first-order valence-corrected chi connectivity index (χ1v) is 6.78. The number of halogens is 1. The maximum absolute atomic E-state index is 13.3. The highest BCUT2D eigenvalue weighted by molar-refractivity contribution is 5.23. The average Bonchev–Trinajstić information content (AvgIpc) is 2.98. The fraction of sp³-hybridized carbons (Fsp3) is 0.400. The Hall–Kier alpha value is -1.88. The topological polar surface area (TPSA) is 39.1 Å². The molecular weight excluding hydrogens is 257 g/mol. The van der Waals surface area contributed by atoms with Gasteiger partial charge in [0.15, 0.2) is 11.6 Å². The molecule has 0 bridgehead atoms. The third kappa shape index (κ3) is 3.81. The molecule has 2 aromatic rings. The molecule has 1 aromatic heterocycles. The van der Waals surface area contributed by atoms with Gasteiger partial charge >= 0.3 is 0 Å². The van der Waals surface area contributed by atoms with Crippen molar-refractivity contribution >= 4 is 0 Å². The van der Waals surface area contributed by atoms with Crippen molar-refractivity contribution in [2.45, 2.75) is 25.9 Å². The molecule has 1 N–H and O–H groups in total. The molecule has 4 nitrogen and oxygen atoms in total. The smallest absolute Gasteiger partial charge is 0.165 e. The standard InChI is InChI=1S/C15H20FN3O/c1-12(13(2)19-10-5-8-18-19)17-9-11-20-15-7-4-3-6-14(15)16/h3-8,10,12-13,17H,9,11H2,1-2H3/t12-,13+/m0/s1. The SMILES string of the molecule is C[C@H](NCCOc1ccccc1F)[C@@H](C)n1cccn1. The number of para-hydroxylation sites is 1. The minimum atomic E-state index is -0.328. The van der Waals surface area contributed by atoms with E-state index < -0.39 is 0 Å². The lowest BCUT2D eigenvalue weighted by Crippen LogP contribution is -2.36. The zero-order valence-electron chi connectivity index (χ0n) is 11.8. The van der Waals surface area contributed by atoms with Crippen LogP contribution in [0, 0.1) is 5.82 Å². The monoisotopic (exact) mass is 277 g/mol. The highest BCUT2D eigenvalue weighted by Gasteiger charge is 2.13. The zero-order chi connectivity index (χ0) is 14.4. The Morgan fingerprint density at radius 1 is 1.30 bits per heavy atom. The third-order valence-electron chi connectivity index (χ3n) is 3.33. The molecule has 0 unspecified atom stereocenters. The normalized spacial score (nSPS) is 13.9. The number of hydrogen-bond donors (Lipinski definition) is 1. The maximum atomic E-state index is 13.3. The van der Waals surface area contributed by atoms with Gasteiger partial charge in [-0.2, -0.15) is 5.10 Å². The van der Waals surface area contributed by atoms with Crippen LogP contribution in [0.2, 0.25) is 0 Å². The Balaban J connectivity index is 1.72. The fourth-order valence-corrected chi connectivity index (χ4v) is 1.93. The van der Waals surface area contributed by atoms with Crippen LogP contribution in [-0.2, 0) is 0 Å². The fourth-order valence-electron chi connectivity index (χ4n) is 1.93. The van der Waals surface area contributed by atoms with Crippen molar-refractivity contribution in [1.29, 1.82) is 0 Å². The summed E-state index contributed by atoms with van der Waals surface area (Å²) < 4.78 is 20.6. The molecule has 108 valence electrons. The van der Waals surface area contributed by atoms with Gasteiger partial charge in [-0.3, -0.25) is 4.68 Å². The van der Waals surface area contributed by atoms with Crippen molar-refractivity contribution in [3.8, 4) is 5.75 Å². The summed E-state index contributed by atoms with van der Waals surface area (Å²) in [5.41, 5.74) is 0. The van der Waals surface area contributed by atoms with Crippen LogP contribution in [-0.4, -0.2) is 29.0 Å². The first-order chi connectivity index (χ1) is 9.68. The van der Waals surface area contributed by atoms with Crippen molar-refractivity contribution in [2.75, 3.05) is 13.2 Å². The van der Waals surface area contributed by atoms with Gasteiger partial charge in [0.1, 0.15) is 6.61 Å². The number of rotatable bonds is 7. The minimum absolute atomic E-state index is 0.249. The van der Waals surface area contributed by atoms with Crippen LogP contribution in [0.3, 0.4) is 0 Å². The van der Waals surface area contributed by atoms with Crippen LogP contribution >= 0.6 is 0 Å². The Bertz CT molecular complexity index is 516. The molecule has 0 aliphatic rings. The Morgan fingerprint density at radius 3 is 2.80 bits per heavy atom. The predicted octanol–water partition coefficient (Wildman–Crippen LogP) is 2.64. The molecular formula is C15H20FN3O. The van der Waals surface area contributed by atoms with Gasteiger partial charge in [0.25, 0.3) is 0 Å². The molecule has 0 saturated heterocycles. The number of hydrogen-bond acceptors (Lipinski definition) is 3. The lowest BCUT2D eigenvalue weighted by Gasteiger charge is -2.21. The largest absolute Gasteiger partial charge is 0.489 e. The first kappa shape index (κ1) is 14.5. The van der Waals surface area contributed by atoms with E-state index in [1.807, 2.05) is 16.9 Å². The molecule has 0 aliphatic heterocycles.